The smallest absolute Gasteiger partial charge is 0.342 e. The zero-order valence-corrected chi connectivity index (χ0v) is 17.1. The molecule has 1 N–H and O–H groups in total. The molecule has 6 heteroatoms. The molecule has 0 aliphatic carbocycles. The number of para-hydroxylation sites is 1. The molecule has 0 radical (unpaired) electrons. The number of carbonyl (C=O) groups is 2. The molecule has 3 aromatic carbocycles. The molecule has 1 atom stereocenters. The second kappa shape index (κ2) is 8.75. The van der Waals surface area contributed by atoms with E-state index in [9.17, 15) is 9.59 Å². The molecule has 4 aromatic rings. The highest BCUT2D eigenvalue weighted by atomic mass is 16.5. The highest BCUT2D eigenvalue weighted by Gasteiger charge is 2.29. The van der Waals surface area contributed by atoms with Gasteiger partial charge in [0.15, 0.2) is 6.10 Å². The number of benzene rings is 3. The number of nitrogens with one attached hydrogen (secondary N) is 1. The van der Waals surface area contributed by atoms with E-state index in [4.69, 9.17) is 14.2 Å². The van der Waals surface area contributed by atoms with Crippen LogP contribution >= 0.6 is 0 Å². The van der Waals surface area contributed by atoms with Gasteiger partial charge in [-0.15, -0.1) is 0 Å². The van der Waals surface area contributed by atoms with Crippen molar-refractivity contribution in [3.8, 4) is 11.5 Å². The number of carbonyl (C=O) groups excluding carboxylic acids is 2. The predicted octanol–water partition coefficient (Wildman–Crippen LogP) is 4.97. The number of Topliss-reactive ketones (excluding diaryl/α,β-unsaturated/α-hetero) is 1. The maximum Gasteiger partial charge on any atom is 0.342 e. The SMILES string of the molecule is COc1ccc(C(=O)O[C@@H](C(=O)c2c[nH]c3ccccc23)c2ccccc2)c(OC)c1. The Bertz CT molecular complexity index is 1230. The summed E-state index contributed by atoms with van der Waals surface area (Å²) >= 11 is 0. The minimum absolute atomic E-state index is 0.205. The largest absolute Gasteiger partial charge is 0.497 e. The fourth-order valence-electron chi connectivity index (χ4n) is 3.46. The molecular weight excluding hydrogens is 394 g/mol. The van der Waals surface area contributed by atoms with E-state index in [-0.39, 0.29) is 11.3 Å². The molecule has 0 amide bonds. The van der Waals surface area contributed by atoms with Crippen LogP contribution in [0.2, 0.25) is 0 Å². The van der Waals surface area contributed by atoms with Crippen LogP contribution in [-0.2, 0) is 4.74 Å². The first-order valence-electron chi connectivity index (χ1n) is 9.70. The first-order valence-corrected chi connectivity index (χ1v) is 9.70. The fraction of sp³-hybridized carbons (Fsp3) is 0.120. The van der Waals surface area contributed by atoms with Gasteiger partial charge in [0.05, 0.1) is 14.2 Å². The third kappa shape index (κ3) is 4.00. The summed E-state index contributed by atoms with van der Waals surface area (Å²) < 4.78 is 16.2. The van der Waals surface area contributed by atoms with Crippen LogP contribution in [0.25, 0.3) is 10.9 Å². The standard InChI is InChI=1S/C25H21NO5/c1-29-17-12-13-19(22(14-17)30-2)25(28)31-24(16-8-4-3-5-9-16)23(27)20-15-26-21-11-7-6-10-18(20)21/h3-15,24,26H,1-2H3/t24-/m1/s1. The van der Waals surface area contributed by atoms with E-state index in [0.29, 0.717) is 22.6 Å². The summed E-state index contributed by atoms with van der Waals surface area (Å²) in [6.45, 7) is 0. The molecule has 4 rings (SSSR count). The maximum atomic E-state index is 13.5. The molecule has 156 valence electrons. The minimum atomic E-state index is -1.11. The molecule has 1 heterocycles. The molecule has 0 bridgehead atoms. The van der Waals surface area contributed by atoms with E-state index in [1.807, 2.05) is 30.3 Å². The summed E-state index contributed by atoms with van der Waals surface area (Å²) in [7, 11) is 2.98. The van der Waals surface area contributed by atoms with Crippen molar-refractivity contribution >= 4 is 22.7 Å². The van der Waals surface area contributed by atoms with Gasteiger partial charge < -0.3 is 19.2 Å². The Kier molecular flexibility index (Phi) is 5.71. The molecular formula is C25H21NO5. The molecule has 31 heavy (non-hydrogen) atoms. The van der Waals surface area contributed by atoms with Crippen molar-refractivity contribution in [1.29, 1.82) is 0 Å². The van der Waals surface area contributed by atoms with Gasteiger partial charge in [0.2, 0.25) is 5.78 Å². The minimum Gasteiger partial charge on any atom is -0.497 e. The Hall–Kier alpha value is -4.06. The van der Waals surface area contributed by atoms with Crippen LogP contribution in [0.3, 0.4) is 0 Å². The number of esters is 1. The lowest BCUT2D eigenvalue weighted by Gasteiger charge is -2.18. The Morgan fingerprint density at radius 1 is 0.839 bits per heavy atom. The van der Waals surface area contributed by atoms with Crippen LogP contribution in [-0.4, -0.2) is 31.0 Å². The lowest BCUT2D eigenvalue weighted by molar-refractivity contribution is 0.0277. The summed E-state index contributed by atoms with van der Waals surface area (Å²) in [5.74, 6) is -0.135. The molecule has 0 saturated carbocycles. The summed E-state index contributed by atoms with van der Waals surface area (Å²) in [4.78, 5) is 29.6. The normalized spacial score (nSPS) is 11.7. The highest BCUT2D eigenvalue weighted by Crippen LogP contribution is 2.30. The molecule has 0 fully saturated rings. The Morgan fingerprint density at radius 3 is 2.32 bits per heavy atom. The van der Waals surface area contributed by atoms with E-state index in [0.717, 1.165) is 10.9 Å². The highest BCUT2D eigenvalue weighted by molar-refractivity contribution is 6.11. The molecule has 0 aliphatic rings. The van der Waals surface area contributed by atoms with Crippen molar-refractivity contribution in [2.24, 2.45) is 0 Å². The molecule has 0 saturated heterocycles. The number of H-pyrrole nitrogens is 1. The average Bonchev–Trinajstić information content (AvgIpc) is 3.26. The molecule has 0 unspecified atom stereocenters. The Morgan fingerprint density at radius 2 is 1.58 bits per heavy atom. The van der Waals surface area contributed by atoms with E-state index in [1.54, 1.807) is 48.7 Å². The van der Waals surface area contributed by atoms with E-state index < -0.39 is 12.1 Å². The van der Waals surface area contributed by atoms with Gasteiger partial charge in [-0.25, -0.2) is 4.79 Å². The van der Waals surface area contributed by atoms with Crippen LogP contribution in [0.4, 0.5) is 0 Å². The quantitative estimate of drug-likeness (QED) is 0.341. The maximum absolute atomic E-state index is 13.5. The number of aromatic amines is 1. The third-order valence-electron chi connectivity index (χ3n) is 5.05. The molecule has 0 aliphatic heterocycles. The van der Waals surface area contributed by atoms with Gasteiger partial charge in [0, 0.05) is 34.3 Å². The van der Waals surface area contributed by atoms with Crippen molar-refractivity contribution in [2.45, 2.75) is 6.10 Å². The average molecular weight is 415 g/mol. The number of aromatic nitrogens is 1. The van der Waals surface area contributed by atoms with Crippen LogP contribution in [0.5, 0.6) is 11.5 Å². The predicted molar refractivity (Wildman–Crippen MR) is 117 cm³/mol. The number of hydrogen-bond acceptors (Lipinski definition) is 5. The number of fused-ring (bicyclic) bond motifs is 1. The lowest BCUT2D eigenvalue weighted by atomic mass is 9.99. The van der Waals surface area contributed by atoms with E-state index in [1.165, 1.54) is 14.2 Å². The van der Waals surface area contributed by atoms with Gasteiger partial charge in [-0.3, -0.25) is 4.79 Å². The number of rotatable bonds is 7. The fourth-order valence-corrected chi connectivity index (χ4v) is 3.46. The van der Waals surface area contributed by atoms with Gasteiger partial charge in [-0.2, -0.15) is 0 Å². The van der Waals surface area contributed by atoms with Crippen molar-refractivity contribution < 1.29 is 23.8 Å². The summed E-state index contributed by atoms with van der Waals surface area (Å²) in [6.07, 6.45) is 0.532. The zero-order chi connectivity index (χ0) is 21.8. The molecule has 0 spiro atoms. The number of hydrogen-bond donors (Lipinski definition) is 1. The van der Waals surface area contributed by atoms with Crippen molar-refractivity contribution in [3.05, 3.63) is 95.7 Å². The van der Waals surface area contributed by atoms with Crippen LogP contribution < -0.4 is 9.47 Å². The summed E-state index contributed by atoms with van der Waals surface area (Å²) in [5.41, 5.74) is 2.08. The monoisotopic (exact) mass is 415 g/mol. The molecule has 1 aromatic heterocycles. The van der Waals surface area contributed by atoms with Gasteiger partial charge >= 0.3 is 5.97 Å². The van der Waals surface area contributed by atoms with Crippen LogP contribution in [0.15, 0.2) is 79.0 Å². The number of ether oxygens (including phenoxy) is 3. The summed E-state index contributed by atoms with van der Waals surface area (Å²) in [6, 6.07) is 21.2. The van der Waals surface area contributed by atoms with Gasteiger partial charge in [0.25, 0.3) is 0 Å². The summed E-state index contributed by atoms with van der Waals surface area (Å²) in [5, 5.41) is 0.770. The topological polar surface area (TPSA) is 77.6 Å². The lowest BCUT2D eigenvalue weighted by Crippen LogP contribution is -2.20. The third-order valence-corrected chi connectivity index (χ3v) is 5.05. The van der Waals surface area contributed by atoms with Crippen LogP contribution in [0, 0.1) is 0 Å². The van der Waals surface area contributed by atoms with Crippen molar-refractivity contribution in [3.63, 3.8) is 0 Å². The van der Waals surface area contributed by atoms with Gasteiger partial charge in [-0.05, 0) is 18.2 Å². The Labute approximate surface area is 179 Å². The van der Waals surface area contributed by atoms with E-state index >= 15 is 0 Å². The van der Waals surface area contributed by atoms with Crippen molar-refractivity contribution in [2.75, 3.05) is 14.2 Å². The van der Waals surface area contributed by atoms with E-state index in [2.05, 4.69) is 4.98 Å². The Balaban J connectivity index is 1.71. The van der Waals surface area contributed by atoms with Crippen LogP contribution in [0.1, 0.15) is 32.4 Å². The van der Waals surface area contributed by atoms with Gasteiger partial charge in [0.1, 0.15) is 17.1 Å². The first-order chi connectivity index (χ1) is 15.1. The zero-order valence-electron chi connectivity index (χ0n) is 17.1. The van der Waals surface area contributed by atoms with Gasteiger partial charge in [-0.1, -0.05) is 48.5 Å². The van der Waals surface area contributed by atoms with Crippen molar-refractivity contribution in [1.82, 2.24) is 4.98 Å². The number of ketones is 1. The second-order valence-corrected chi connectivity index (χ2v) is 6.87. The second-order valence-electron chi connectivity index (χ2n) is 6.87. The first kappa shape index (κ1) is 20.2. The molecule has 6 nitrogen and oxygen atoms in total. The number of methoxy groups -OCH3 is 2.